The number of ether oxygens (including phenoxy) is 3. The second-order valence-electron chi connectivity index (χ2n) is 15.6. The molecule has 5 heterocycles. The number of nitrogens with zero attached hydrogens (tertiary/aromatic N) is 6. The molecule has 3 aliphatic heterocycles. The van der Waals surface area contributed by atoms with Crippen LogP contribution < -0.4 is 21.1 Å². The van der Waals surface area contributed by atoms with Crippen molar-refractivity contribution in [3.05, 3.63) is 90.3 Å². The molecule has 1 atom stereocenters. The standard InChI is InChI=1S/C45H49N9O8/c46-41-39-40(29-10-13-33(14-11-29)62-32-8-2-1-3-9-32)51-54(42(39)48-28-47-41)31-18-21-52(22-19-31)20-4-5-23-60-24-6-7-25-61-27-38(56)49-30-12-15-34-35(26-30)45(59)53(44(34)58)36-16-17-37(55)50-43(36)57/h1-3,8-15,26,28,31,36H,4-7,16-25,27H2,(H,49,56)(H2,46,47,48)(H,50,55,57). The topological polar surface area (TPSA) is 213 Å². The Bertz CT molecular complexity index is 2430. The summed E-state index contributed by atoms with van der Waals surface area (Å²) in [7, 11) is 0. The molecule has 5 amide bonds. The Balaban J connectivity index is 0.691. The van der Waals surface area contributed by atoms with Gasteiger partial charge in [-0.15, -0.1) is 0 Å². The second-order valence-corrected chi connectivity index (χ2v) is 15.6. The molecular formula is C45H49N9O8. The number of carbonyl (C=O) groups excluding carboxylic acids is 5. The Labute approximate surface area is 357 Å². The maximum Gasteiger partial charge on any atom is 0.262 e. The average Bonchev–Trinajstić information content (AvgIpc) is 3.78. The van der Waals surface area contributed by atoms with Crippen LogP contribution in [0.3, 0.4) is 0 Å². The Morgan fingerprint density at radius 3 is 2.27 bits per heavy atom. The van der Waals surface area contributed by atoms with Gasteiger partial charge in [-0.2, -0.15) is 5.10 Å². The molecule has 2 fully saturated rings. The Kier molecular flexibility index (Phi) is 13.2. The van der Waals surface area contributed by atoms with Gasteiger partial charge in [-0.3, -0.25) is 34.2 Å². The zero-order chi connectivity index (χ0) is 43.0. The zero-order valence-corrected chi connectivity index (χ0v) is 34.3. The Hall–Kier alpha value is -6.56. The third kappa shape index (κ3) is 9.64. The molecule has 62 heavy (non-hydrogen) atoms. The minimum absolute atomic E-state index is 0.0359. The first-order chi connectivity index (χ1) is 30.2. The van der Waals surface area contributed by atoms with Gasteiger partial charge in [-0.25, -0.2) is 14.6 Å². The van der Waals surface area contributed by atoms with Gasteiger partial charge in [-0.05, 0) is 106 Å². The molecule has 17 nitrogen and oxygen atoms in total. The molecule has 8 rings (SSSR count). The highest BCUT2D eigenvalue weighted by molar-refractivity contribution is 6.24. The summed E-state index contributed by atoms with van der Waals surface area (Å²) in [6.45, 7) is 4.44. The number of hydrogen-bond donors (Lipinski definition) is 3. The number of fused-ring (bicyclic) bond motifs is 2. The average molecular weight is 844 g/mol. The SMILES string of the molecule is Nc1ncnc2c1c(-c1ccc(Oc3ccccc3)cc1)nn2C1CCN(CCCCOCCCCOCC(=O)Nc2ccc3c(c2)C(=O)N(C2CCC(=O)NC2=O)C3=O)CC1. The van der Waals surface area contributed by atoms with E-state index in [1.54, 1.807) is 0 Å². The fourth-order valence-electron chi connectivity index (χ4n) is 8.11. The largest absolute Gasteiger partial charge is 0.457 e. The van der Waals surface area contributed by atoms with Gasteiger partial charge in [0.05, 0.1) is 22.6 Å². The van der Waals surface area contributed by atoms with Crippen LogP contribution in [-0.4, -0.2) is 111 Å². The van der Waals surface area contributed by atoms with Gasteiger partial charge in [0, 0.05) is 50.6 Å². The van der Waals surface area contributed by atoms with Crippen molar-refractivity contribution in [2.75, 3.05) is 57.1 Å². The van der Waals surface area contributed by atoms with E-state index in [0.29, 0.717) is 31.3 Å². The van der Waals surface area contributed by atoms with Crippen LogP contribution in [0.25, 0.3) is 22.3 Å². The number of aromatic nitrogens is 4. The molecule has 17 heteroatoms. The summed E-state index contributed by atoms with van der Waals surface area (Å²) >= 11 is 0. The van der Waals surface area contributed by atoms with Gasteiger partial charge in [0.2, 0.25) is 17.7 Å². The van der Waals surface area contributed by atoms with Crippen molar-refractivity contribution in [2.45, 2.75) is 63.5 Å². The highest BCUT2D eigenvalue weighted by atomic mass is 16.5. The summed E-state index contributed by atoms with van der Waals surface area (Å²) in [4.78, 5) is 74.5. The summed E-state index contributed by atoms with van der Waals surface area (Å²) in [5.74, 6) is -0.851. The molecular weight excluding hydrogens is 795 g/mol. The smallest absolute Gasteiger partial charge is 0.262 e. The normalized spacial score (nSPS) is 17.1. The number of imide groups is 2. The van der Waals surface area contributed by atoms with Crippen LogP contribution in [0.15, 0.2) is 79.1 Å². The molecule has 322 valence electrons. The fourth-order valence-corrected chi connectivity index (χ4v) is 8.11. The van der Waals surface area contributed by atoms with Gasteiger partial charge < -0.3 is 30.2 Å². The minimum Gasteiger partial charge on any atom is -0.457 e. The van der Waals surface area contributed by atoms with Gasteiger partial charge in [0.25, 0.3) is 11.8 Å². The summed E-state index contributed by atoms with van der Waals surface area (Å²) < 4.78 is 19.4. The first-order valence-electron chi connectivity index (χ1n) is 21.1. The quantitative estimate of drug-likeness (QED) is 0.0771. The van der Waals surface area contributed by atoms with Crippen LogP contribution >= 0.6 is 0 Å². The number of rotatable bonds is 18. The van der Waals surface area contributed by atoms with E-state index in [1.807, 2.05) is 59.3 Å². The number of hydrogen-bond acceptors (Lipinski definition) is 13. The van der Waals surface area contributed by atoms with Crippen molar-refractivity contribution in [1.82, 2.24) is 34.9 Å². The zero-order valence-electron chi connectivity index (χ0n) is 34.3. The number of nitrogens with one attached hydrogen (secondary N) is 2. The van der Waals surface area contributed by atoms with E-state index < -0.39 is 35.6 Å². The molecule has 4 N–H and O–H groups in total. The van der Waals surface area contributed by atoms with E-state index in [4.69, 9.17) is 25.0 Å². The lowest BCUT2D eigenvalue weighted by Gasteiger charge is -2.32. The molecule has 2 aromatic heterocycles. The van der Waals surface area contributed by atoms with Crippen LogP contribution in [0.4, 0.5) is 11.5 Å². The van der Waals surface area contributed by atoms with E-state index >= 15 is 0 Å². The van der Waals surface area contributed by atoms with Crippen LogP contribution in [0.5, 0.6) is 11.5 Å². The summed E-state index contributed by atoms with van der Waals surface area (Å²) in [5, 5.41) is 10.7. The molecule has 0 saturated carbocycles. The first-order valence-corrected chi connectivity index (χ1v) is 21.1. The predicted molar refractivity (Wildman–Crippen MR) is 228 cm³/mol. The van der Waals surface area contributed by atoms with Crippen molar-refractivity contribution < 1.29 is 38.2 Å². The second kappa shape index (κ2) is 19.4. The van der Waals surface area contributed by atoms with Gasteiger partial charge in [-0.1, -0.05) is 18.2 Å². The number of nitrogen functional groups attached to an aromatic ring is 1. The molecule has 0 radical (unpaired) electrons. The maximum absolute atomic E-state index is 13.0. The third-order valence-corrected chi connectivity index (χ3v) is 11.3. The first kappa shape index (κ1) is 42.1. The van der Waals surface area contributed by atoms with Crippen LogP contribution in [-0.2, 0) is 23.9 Å². The molecule has 5 aromatic rings. The van der Waals surface area contributed by atoms with Crippen molar-refractivity contribution in [2.24, 2.45) is 0 Å². The molecule has 0 aliphatic carbocycles. The molecule has 1 unspecified atom stereocenters. The number of amides is 5. The van der Waals surface area contributed by atoms with Crippen LogP contribution in [0.2, 0.25) is 0 Å². The number of likely N-dealkylation sites (tertiary alicyclic amines) is 1. The monoisotopic (exact) mass is 843 g/mol. The van der Waals surface area contributed by atoms with Crippen LogP contribution in [0.1, 0.15) is 78.1 Å². The highest BCUT2D eigenvalue weighted by Gasteiger charge is 2.44. The van der Waals surface area contributed by atoms with E-state index in [-0.39, 0.29) is 36.6 Å². The minimum atomic E-state index is -1.06. The number of unbranched alkanes of at least 4 members (excludes halogenated alkanes) is 2. The van der Waals surface area contributed by atoms with Gasteiger partial charge in [0.15, 0.2) is 5.65 Å². The highest BCUT2D eigenvalue weighted by Crippen LogP contribution is 2.35. The van der Waals surface area contributed by atoms with Crippen LogP contribution in [0, 0.1) is 0 Å². The molecule has 2 saturated heterocycles. The lowest BCUT2D eigenvalue weighted by Crippen LogP contribution is -2.54. The predicted octanol–water partition coefficient (Wildman–Crippen LogP) is 5.14. The summed E-state index contributed by atoms with van der Waals surface area (Å²) in [6, 6.07) is 21.0. The van der Waals surface area contributed by atoms with E-state index in [1.165, 1.54) is 24.5 Å². The Morgan fingerprint density at radius 1 is 0.806 bits per heavy atom. The lowest BCUT2D eigenvalue weighted by molar-refractivity contribution is -0.136. The lowest BCUT2D eigenvalue weighted by atomic mass is 10.0. The molecule has 0 bridgehead atoms. The van der Waals surface area contributed by atoms with Crippen molar-refractivity contribution in [1.29, 1.82) is 0 Å². The van der Waals surface area contributed by atoms with Gasteiger partial charge >= 0.3 is 0 Å². The van der Waals surface area contributed by atoms with Crippen molar-refractivity contribution >= 4 is 52.1 Å². The van der Waals surface area contributed by atoms with E-state index in [2.05, 4.69) is 25.5 Å². The number of piperidine rings is 2. The number of carbonyl (C=O) groups is 5. The molecule has 3 aromatic carbocycles. The number of nitrogens with two attached hydrogens (primary N) is 1. The number of anilines is 2. The molecule has 0 spiro atoms. The Morgan fingerprint density at radius 2 is 1.52 bits per heavy atom. The van der Waals surface area contributed by atoms with E-state index in [0.717, 1.165) is 96.8 Å². The third-order valence-electron chi connectivity index (χ3n) is 11.3. The molecule has 3 aliphatic rings. The van der Waals surface area contributed by atoms with Gasteiger partial charge in [0.1, 0.15) is 42.0 Å². The number of benzene rings is 3. The summed E-state index contributed by atoms with van der Waals surface area (Å²) in [6.07, 6.45) is 7.05. The van der Waals surface area contributed by atoms with Crippen molar-refractivity contribution in [3.63, 3.8) is 0 Å². The maximum atomic E-state index is 13.0. The van der Waals surface area contributed by atoms with E-state index in [9.17, 15) is 24.0 Å². The summed E-state index contributed by atoms with van der Waals surface area (Å²) in [5.41, 5.74) is 9.38. The fraction of sp³-hybridized carbons (Fsp3) is 0.378. The number of para-hydroxylation sites is 1. The van der Waals surface area contributed by atoms with Crippen molar-refractivity contribution in [3.8, 4) is 22.8 Å².